The van der Waals surface area contributed by atoms with E-state index >= 15 is 0 Å². The van der Waals surface area contributed by atoms with Crippen LogP contribution in [-0.4, -0.2) is 23.9 Å². The number of anilines is 1. The van der Waals surface area contributed by atoms with Crippen LogP contribution in [-0.2, 0) is 11.4 Å². The van der Waals surface area contributed by atoms with Crippen LogP contribution in [0.3, 0.4) is 0 Å². The van der Waals surface area contributed by atoms with Crippen LogP contribution in [0.4, 0.5) is 5.69 Å². The number of carbonyl (C=O) groups excluding carboxylic acids is 1. The number of benzene rings is 2. The molecule has 0 saturated heterocycles. The van der Waals surface area contributed by atoms with Crippen LogP contribution in [0, 0.1) is 0 Å². The highest BCUT2D eigenvalue weighted by Gasteiger charge is 2.12. The molecule has 1 amide bonds. The molecule has 3 rings (SSSR count). The second kappa shape index (κ2) is 8.60. The van der Waals surface area contributed by atoms with Gasteiger partial charge in [0.15, 0.2) is 0 Å². The third kappa shape index (κ3) is 4.47. The molecule has 6 heteroatoms. The number of aliphatic hydroxyl groups excluding tert-OH is 1. The Morgan fingerprint density at radius 2 is 1.96 bits per heavy atom. The number of nitrogens with one attached hydrogen (secondary N) is 1. The van der Waals surface area contributed by atoms with E-state index in [0.29, 0.717) is 28.7 Å². The summed E-state index contributed by atoms with van der Waals surface area (Å²) in [6.45, 7) is -0.156. The summed E-state index contributed by atoms with van der Waals surface area (Å²) in [6.07, 6.45) is 0. The number of methoxy groups -OCH3 is 1. The van der Waals surface area contributed by atoms with E-state index in [2.05, 4.69) is 5.32 Å². The number of ether oxygens (including phenoxy) is 1. The molecule has 0 spiro atoms. The Balaban J connectivity index is 1.73. The lowest BCUT2D eigenvalue weighted by atomic mass is 10.1. The molecule has 1 heterocycles. The summed E-state index contributed by atoms with van der Waals surface area (Å²) in [5.74, 6) is 1.85. The molecule has 134 valence electrons. The molecule has 3 aromatic rings. The molecule has 0 aliphatic rings. The first-order valence-electron chi connectivity index (χ1n) is 8.05. The largest absolute Gasteiger partial charge is 0.495 e. The van der Waals surface area contributed by atoms with E-state index in [0.717, 1.165) is 10.5 Å². The van der Waals surface area contributed by atoms with Crippen LogP contribution >= 0.6 is 11.8 Å². The molecule has 0 aliphatic heterocycles. The van der Waals surface area contributed by atoms with Crippen LogP contribution in [0.1, 0.15) is 5.76 Å². The van der Waals surface area contributed by atoms with Gasteiger partial charge in [-0.1, -0.05) is 18.2 Å². The summed E-state index contributed by atoms with van der Waals surface area (Å²) in [7, 11) is 1.56. The van der Waals surface area contributed by atoms with Crippen molar-refractivity contribution in [1.82, 2.24) is 0 Å². The van der Waals surface area contributed by atoms with Crippen molar-refractivity contribution in [2.24, 2.45) is 0 Å². The standard InChI is InChI=1S/C20H19NO4S/c1-24-19-9-7-14(18-10-8-15(12-22)25-18)11-17(19)21-20(23)13-26-16-5-3-2-4-6-16/h2-11,22H,12-13H2,1H3,(H,21,23). The highest BCUT2D eigenvalue weighted by atomic mass is 32.2. The fraction of sp³-hybridized carbons (Fsp3) is 0.150. The molecule has 0 fully saturated rings. The maximum Gasteiger partial charge on any atom is 0.234 e. The van der Waals surface area contributed by atoms with E-state index in [-0.39, 0.29) is 12.5 Å². The van der Waals surface area contributed by atoms with Crippen molar-refractivity contribution in [3.05, 3.63) is 66.4 Å². The molecule has 0 unspecified atom stereocenters. The second-order valence-electron chi connectivity index (χ2n) is 5.49. The summed E-state index contributed by atoms with van der Waals surface area (Å²) in [5, 5.41) is 12.0. The molecular formula is C20H19NO4S. The van der Waals surface area contributed by atoms with Gasteiger partial charge in [0.25, 0.3) is 0 Å². The van der Waals surface area contributed by atoms with Crippen LogP contribution in [0.2, 0.25) is 0 Å². The minimum atomic E-state index is -0.156. The van der Waals surface area contributed by atoms with Crippen molar-refractivity contribution in [3.8, 4) is 17.1 Å². The monoisotopic (exact) mass is 369 g/mol. The highest BCUT2D eigenvalue weighted by molar-refractivity contribution is 8.00. The predicted octanol–water partition coefficient (Wildman–Crippen LogP) is 4.18. The summed E-state index contributed by atoms with van der Waals surface area (Å²) in [5.41, 5.74) is 1.36. The molecular weight excluding hydrogens is 350 g/mol. The fourth-order valence-electron chi connectivity index (χ4n) is 2.43. The van der Waals surface area contributed by atoms with Gasteiger partial charge in [-0.2, -0.15) is 0 Å². The molecule has 0 atom stereocenters. The number of carbonyl (C=O) groups is 1. The minimum Gasteiger partial charge on any atom is -0.495 e. The smallest absolute Gasteiger partial charge is 0.234 e. The maximum atomic E-state index is 12.3. The molecule has 0 radical (unpaired) electrons. The Morgan fingerprint density at radius 3 is 2.65 bits per heavy atom. The Morgan fingerprint density at radius 1 is 1.15 bits per heavy atom. The van der Waals surface area contributed by atoms with Crippen LogP contribution in [0.5, 0.6) is 5.75 Å². The van der Waals surface area contributed by atoms with E-state index in [1.165, 1.54) is 11.8 Å². The van der Waals surface area contributed by atoms with Gasteiger partial charge in [0.05, 0.1) is 18.6 Å². The number of hydrogen-bond acceptors (Lipinski definition) is 5. The lowest BCUT2D eigenvalue weighted by Gasteiger charge is -2.11. The molecule has 0 aliphatic carbocycles. The lowest BCUT2D eigenvalue weighted by molar-refractivity contribution is -0.113. The van der Waals surface area contributed by atoms with Gasteiger partial charge >= 0.3 is 0 Å². The van der Waals surface area contributed by atoms with E-state index < -0.39 is 0 Å². The van der Waals surface area contributed by atoms with E-state index in [1.807, 2.05) is 36.4 Å². The number of amides is 1. The summed E-state index contributed by atoms with van der Waals surface area (Å²) in [6, 6.07) is 18.7. The van der Waals surface area contributed by atoms with Crippen molar-refractivity contribution in [2.45, 2.75) is 11.5 Å². The number of rotatable bonds is 7. The molecule has 1 aromatic heterocycles. The molecule has 2 aromatic carbocycles. The third-order valence-electron chi connectivity index (χ3n) is 3.69. The van der Waals surface area contributed by atoms with E-state index in [4.69, 9.17) is 14.3 Å². The topological polar surface area (TPSA) is 71.7 Å². The van der Waals surface area contributed by atoms with Crippen molar-refractivity contribution >= 4 is 23.4 Å². The number of thioether (sulfide) groups is 1. The first-order valence-corrected chi connectivity index (χ1v) is 9.04. The Bertz CT molecular complexity index is 877. The van der Waals surface area contributed by atoms with Crippen molar-refractivity contribution < 1.29 is 19.1 Å². The Labute approximate surface area is 156 Å². The van der Waals surface area contributed by atoms with Gasteiger partial charge < -0.3 is 19.6 Å². The van der Waals surface area contributed by atoms with Gasteiger partial charge in [0.1, 0.15) is 23.9 Å². The first kappa shape index (κ1) is 18.1. The fourth-order valence-corrected chi connectivity index (χ4v) is 3.15. The van der Waals surface area contributed by atoms with Crippen LogP contribution in [0.25, 0.3) is 11.3 Å². The predicted molar refractivity (Wildman–Crippen MR) is 102 cm³/mol. The van der Waals surface area contributed by atoms with Crippen LogP contribution < -0.4 is 10.1 Å². The van der Waals surface area contributed by atoms with Gasteiger partial charge in [0.2, 0.25) is 5.91 Å². The lowest BCUT2D eigenvalue weighted by Crippen LogP contribution is -2.14. The SMILES string of the molecule is COc1ccc(-c2ccc(CO)o2)cc1NC(=O)CSc1ccccc1. The van der Waals surface area contributed by atoms with Crippen molar-refractivity contribution in [3.63, 3.8) is 0 Å². The third-order valence-corrected chi connectivity index (χ3v) is 4.70. The average Bonchev–Trinajstić information content (AvgIpc) is 3.16. The molecule has 2 N–H and O–H groups in total. The van der Waals surface area contributed by atoms with Gasteiger partial charge in [0, 0.05) is 10.5 Å². The normalized spacial score (nSPS) is 10.5. The van der Waals surface area contributed by atoms with E-state index in [9.17, 15) is 4.79 Å². The number of hydrogen-bond donors (Lipinski definition) is 2. The molecule has 5 nitrogen and oxygen atoms in total. The zero-order valence-corrected chi connectivity index (χ0v) is 15.1. The Hall–Kier alpha value is -2.70. The van der Waals surface area contributed by atoms with Crippen molar-refractivity contribution in [2.75, 3.05) is 18.2 Å². The van der Waals surface area contributed by atoms with Gasteiger partial charge in [-0.3, -0.25) is 4.79 Å². The van der Waals surface area contributed by atoms with E-state index in [1.54, 1.807) is 31.4 Å². The highest BCUT2D eigenvalue weighted by Crippen LogP contribution is 2.32. The summed E-state index contributed by atoms with van der Waals surface area (Å²) < 4.78 is 10.9. The van der Waals surface area contributed by atoms with Gasteiger partial charge in [-0.05, 0) is 42.5 Å². The number of furan rings is 1. The zero-order valence-electron chi connectivity index (χ0n) is 14.3. The number of aliphatic hydroxyl groups is 1. The maximum absolute atomic E-state index is 12.3. The molecule has 0 bridgehead atoms. The average molecular weight is 369 g/mol. The van der Waals surface area contributed by atoms with Crippen LogP contribution in [0.15, 0.2) is 70.0 Å². The summed E-state index contributed by atoms with van der Waals surface area (Å²) in [4.78, 5) is 13.3. The van der Waals surface area contributed by atoms with Crippen molar-refractivity contribution in [1.29, 1.82) is 0 Å². The quantitative estimate of drug-likeness (QED) is 0.612. The van der Waals surface area contributed by atoms with Gasteiger partial charge in [-0.15, -0.1) is 11.8 Å². The molecule has 26 heavy (non-hydrogen) atoms. The second-order valence-corrected chi connectivity index (χ2v) is 6.54. The summed E-state index contributed by atoms with van der Waals surface area (Å²) >= 11 is 1.47. The first-order chi connectivity index (χ1) is 12.7. The molecule has 0 saturated carbocycles. The Kier molecular flexibility index (Phi) is 5.99. The zero-order chi connectivity index (χ0) is 18.4. The van der Waals surface area contributed by atoms with Gasteiger partial charge in [-0.25, -0.2) is 0 Å². The minimum absolute atomic E-state index is 0.121.